The summed E-state index contributed by atoms with van der Waals surface area (Å²) in [6.07, 6.45) is 5.14. The Kier molecular flexibility index (Phi) is 5.81. The number of sulfonamides is 1. The minimum atomic E-state index is -3.36. The second-order valence-corrected chi connectivity index (χ2v) is 10.3. The Hall–Kier alpha value is -3.14. The van der Waals surface area contributed by atoms with Crippen LogP contribution in [0.25, 0.3) is 10.9 Å². The maximum absolute atomic E-state index is 13.1. The number of aromatic nitrogens is 1. The second-order valence-electron chi connectivity index (χ2n) is 8.57. The first kappa shape index (κ1) is 22.1. The molecule has 172 valence electrons. The number of nitrogens with zero attached hydrogens (tertiary/aromatic N) is 3. The molecule has 0 saturated carbocycles. The highest BCUT2D eigenvalue weighted by molar-refractivity contribution is 7.92. The van der Waals surface area contributed by atoms with Crippen LogP contribution in [0.1, 0.15) is 24.3 Å². The Balaban J connectivity index is 1.46. The molecule has 2 aliphatic heterocycles. The molecule has 0 atom stereocenters. The van der Waals surface area contributed by atoms with E-state index in [1.54, 1.807) is 24.3 Å². The van der Waals surface area contributed by atoms with E-state index in [0.29, 0.717) is 43.6 Å². The van der Waals surface area contributed by atoms with Crippen LogP contribution in [-0.4, -0.2) is 79.0 Å². The van der Waals surface area contributed by atoms with Crippen LogP contribution < -0.4 is 10.5 Å². The summed E-state index contributed by atoms with van der Waals surface area (Å²) in [4.78, 5) is 22.7. The number of nitrogens with two attached hydrogens (primary N) is 1. The van der Waals surface area contributed by atoms with Gasteiger partial charge < -0.3 is 25.4 Å². The van der Waals surface area contributed by atoms with Crippen molar-refractivity contribution in [2.24, 2.45) is 5.73 Å². The molecule has 1 amide bonds. The molecule has 32 heavy (non-hydrogen) atoms. The van der Waals surface area contributed by atoms with Gasteiger partial charge in [0, 0.05) is 55.4 Å². The van der Waals surface area contributed by atoms with E-state index in [-0.39, 0.29) is 5.91 Å². The van der Waals surface area contributed by atoms with Crippen molar-refractivity contribution < 1.29 is 13.2 Å². The predicted molar refractivity (Wildman–Crippen MR) is 126 cm³/mol. The Labute approximate surface area is 188 Å². The number of hydrogen-bond acceptors (Lipinski definition) is 6. The molecule has 3 heterocycles. The number of fused-ring (bicyclic) bond motifs is 1. The van der Waals surface area contributed by atoms with Gasteiger partial charge in [-0.2, -0.15) is 0 Å². The molecule has 10 heteroatoms. The summed E-state index contributed by atoms with van der Waals surface area (Å²) >= 11 is 0. The van der Waals surface area contributed by atoms with Crippen molar-refractivity contribution in [1.82, 2.24) is 19.7 Å². The zero-order valence-corrected chi connectivity index (χ0v) is 19.4. The maximum atomic E-state index is 13.1. The fraction of sp³-hybridized carbons (Fsp3) is 0.409. The molecule has 1 saturated heterocycles. The number of nitrogens with one attached hydrogen (secondary N) is 2. The number of H-pyrrole nitrogens is 1. The Bertz CT molecular complexity index is 1190. The molecular formula is C22H30N6O3S. The molecule has 1 aromatic heterocycles. The summed E-state index contributed by atoms with van der Waals surface area (Å²) in [6.45, 7) is 7.75. The fourth-order valence-electron chi connectivity index (χ4n) is 4.26. The number of benzene rings is 1. The SMILES string of the molecule is CC(C)N1CC=CC(N)=C1N1CCN(C(=O)c2cc3cc(NS(C)(=O)=O)ccc3[nH]2)CC1. The number of anilines is 1. The number of aromatic amines is 1. The highest BCUT2D eigenvalue weighted by atomic mass is 32.2. The van der Waals surface area contributed by atoms with Crippen LogP contribution in [-0.2, 0) is 10.0 Å². The number of amides is 1. The van der Waals surface area contributed by atoms with Gasteiger partial charge >= 0.3 is 0 Å². The first-order valence-electron chi connectivity index (χ1n) is 10.7. The van der Waals surface area contributed by atoms with E-state index >= 15 is 0 Å². The maximum Gasteiger partial charge on any atom is 0.270 e. The number of hydrogen-bond donors (Lipinski definition) is 3. The average molecular weight is 459 g/mol. The summed E-state index contributed by atoms with van der Waals surface area (Å²) < 4.78 is 25.4. The van der Waals surface area contributed by atoms with Gasteiger partial charge in [0.2, 0.25) is 10.0 Å². The molecule has 0 unspecified atom stereocenters. The normalized spacial score (nSPS) is 17.6. The minimum Gasteiger partial charge on any atom is -0.396 e. The van der Waals surface area contributed by atoms with Gasteiger partial charge in [0.15, 0.2) is 0 Å². The van der Waals surface area contributed by atoms with Crippen LogP contribution in [0.4, 0.5) is 5.69 Å². The highest BCUT2D eigenvalue weighted by Crippen LogP contribution is 2.24. The van der Waals surface area contributed by atoms with E-state index < -0.39 is 10.0 Å². The lowest BCUT2D eigenvalue weighted by molar-refractivity contribution is 0.0616. The predicted octanol–water partition coefficient (Wildman–Crippen LogP) is 1.71. The van der Waals surface area contributed by atoms with E-state index in [9.17, 15) is 13.2 Å². The smallest absolute Gasteiger partial charge is 0.270 e. The first-order chi connectivity index (χ1) is 15.1. The Morgan fingerprint density at radius 3 is 2.53 bits per heavy atom. The molecule has 0 radical (unpaired) electrons. The van der Waals surface area contributed by atoms with Crippen LogP contribution in [0.15, 0.2) is 47.9 Å². The quantitative estimate of drug-likeness (QED) is 0.628. The number of carbonyl (C=O) groups is 1. The van der Waals surface area contributed by atoms with Crippen molar-refractivity contribution in [2.45, 2.75) is 19.9 Å². The van der Waals surface area contributed by atoms with Gasteiger partial charge in [-0.25, -0.2) is 8.42 Å². The molecular weight excluding hydrogens is 428 g/mol. The van der Waals surface area contributed by atoms with E-state index in [1.807, 2.05) is 11.0 Å². The molecule has 2 aliphatic rings. The van der Waals surface area contributed by atoms with Crippen LogP contribution in [0, 0.1) is 0 Å². The van der Waals surface area contributed by atoms with E-state index in [2.05, 4.69) is 39.4 Å². The zero-order chi connectivity index (χ0) is 23.0. The third kappa shape index (κ3) is 4.55. The Morgan fingerprint density at radius 1 is 1.16 bits per heavy atom. The topological polar surface area (TPSA) is 115 Å². The van der Waals surface area contributed by atoms with Crippen molar-refractivity contribution >= 4 is 32.5 Å². The second kappa shape index (κ2) is 8.42. The summed E-state index contributed by atoms with van der Waals surface area (Å²) in [6, 6.07) is 7.26. The molecule has 0 aliphatic carbocycles. The van der Waals surface area contributed by atoms with E-state index in [0.717, 1.165) is 35.2 Å². The van der Waals surface area contributed by atoms with Crippen LogP contribution in [0.2, 0.25) is 0 Å². The van der Waals surface area contributed by atoms with Crippen molar-refractivity contribution in [2.75, 3.05) is 43.7 Å². The molecule has 4 rings (SSSR count). The van der Waals surface area contributed by atoms with Crippen molar-refractivity contribution in [3.05, 3.63) is 53.6 Å². The highest BCUT2D eigenvalue weighted by Gasteiger charge is 2.29. The van der Waals surface area contributed by atoms with Gasteiger partial charge in [-0.15, -0.1) is 0 Å². The molecule has 0 bridgehead atoms. The number of allylic oxidation sites excluding steroid dienone is 1. The fourth-order valence-corrected chi connectivity index (χ4v) is 4.81. The van der Waals surface area contributed by atoms with Gasteiger partial charge in [0.25, 0.3) is 5.91 Å². The third-order valence-electron chi connectivity index (χ3n) is 5.77. The lowest BCUT2D eigenvalue weighted by Gasteiger charge is -2.43. The van der Waals surface area contributed by atoms with Gasteiger partial charge in [0.05, 0.1) is 12.0 Å². The van der Waals surface area contributed by atoms with Crippen LogP contribution in [0.5, 0.6) is 0 Å². The van der Waals surface area contributed by atoms with Crippen LogP contribution >= 0.6 is 0 Å². The third-order valence-corrected chi connectivity index (χ3v) is 6.38. The molecule has 9 nitrogen and oxygen atoms in total. The summed E-state index contributed by atoms with van der Waals surface area (Å²) in [7, 11) is -3.36. The molecule has 1 fully saturated rings. The van der Waals surface area contributed by atoms with E-state index in [1.165, 1.54) is 0 Å². The number of piperazine rings is 1. The van der Waals surface area contributed by atoms with Crippen molar-refractivity contribution in [3.8, 4) is 0 Å². The van der Waals surface area contributed by atoms with Gasteiger partial charge in [-0.05, 0) is 44.2 Å². The number of carbonyl (C=O) groups excluding carboxylic acids is 1. The summed E-state index contributed by atoms with van der Waals surface area (Å²) in [5, 5.41) is 0.778. The van der Waals surface area contributed by atoms with Gasteiger partial charge in [-0.1, -0.05) is 6.08 Å². The van der Waals surface area contributed by atoms with Crippen LogP contribution in [0.3, 0.4) is 0 Å². The van der Waals surface area contributed by atoms with Gasteiger partial charge in [0.1, 0.15) is 11.5 Å². The largest absolute Gasteiger partial charge is 0.396 e. The molecule has 2 aromatic rings. The first-order valence-corrected chi connectivity index (χ1v) is 12.6. The number of rotatable bonds is 5. The summed E-state index contributed by atoms with van der Waals surface area (Å²) in [5.74, 6) is 0.982. The lowest BCUT2D eigenvalue weighted by Crippen LogP contribution is -2.52. The van der Waals surface area contributed by atoms with E-state index in [4.69, 9.17) is 5.73 Å². The minimum absolute atomic E-state index is 0.0651. The van der Waals surface area contributed by atoms with Crippen molar-refractivity contribution in [1.29, 1.82) is 0 Å². The zero-order valence-electron chi connectivity index (χ0n) is 18.6. The molecule has 4 N–H and O–H groups in total. The monoisotopic (exact) mass is 458 g/mol. The Morgan fingerprint density at radius 2 is 1.88 bits per heavy atom. The van der Waals surface area contributed by atoms with Gasteiger partial charge in [-0.3, -0.25) is 9.52 Å². The molecule has 1 aromatic carbocycles. The average Bonchev–Trinajstić information content (AvgIpc) is 3.15. The lowest BCUT2D eigenvalue weighted by atomic mass is 10.2. The summed E-state index contributed by atoms with van der Waals surface area (Å²) in [5.41, 5.74) is 8.80. The van der Waals surface area contributed by atoms with Crippen molar-refractivity contribution in [3.63, 3.8) is 0 Å². The molecule has 0 spiro atoms. The standard InChI is InChI=1S/C22H30N6O3S/c1-15(2)28-8-4-5-18(23)21(28)26-9-11-27(12-10-26)22(29)20-14-16-13-17(25-32(3,30)31)6-7-19(16)24-20/h4-7,13-15,24-25H,8-12,23H2,1-3H3.